The van der Waals surface area contributed by atoms with Crippen molar-refractivity contribution in [2.75, 3.05) is 46.3 Å². The minimum absolute atomic E-state index is 0.0237. The number of nitrogens with zero attached hydrogens (tertiary/aromatic N) is 3. The molecule has 0 aromatic heterocycles. The topological polar surface area (TPSA) is 38.8 Å². The number of piperazine rings is 1. The Morgan fingerprint density at radius 2 is 1.86 bits per heavy atom. The number of benzene rings is 2. The van der Waals surface area contributed by atoms with E-state index in [-0.39, 0.29) is 24.4 Å². The molecule has 5 nitrogen and oxygen atoms in total. The highest BCUT2D eigenvalue weighted by atomic mass is 35.5. The molecule has 2 saturated heterocycles. The standard InChI is InChI=1S/C26H30Cl2F4N4O/c1-16-11-35(8-7-33-16)15-25(37)36-13-19(18-4-6-21(27)22(28)10-18)24(14-36)34(2)12-17-3-5-20(23(29)9-17)26(30,31)32/h3-6,9-10,16,19,24,33H,7-8,11-15H2,1-2H3/t16-,19?,24?/m0/s1. The van der Waals surface area contributed by atoms with Crippen LogP contribution < -0.4 is 5.32 Å². The highest BCUT2D eigenvalue weighted by Crippen LogP contribution is 2.36. The normalized spacial score (nSPS) is 23.2. The van der Waals surface area contributed by atoms with Gasteiger partial charge in [0.15, 0.2) is 0 Å². The number of amides is 1. The molecule has 2 aliphatic rings. The van der Waals surface area contributed by atoms with Gasteiger partial charge in [-0.05, 0) is 49.4 Å². The molecule has 2 aliphatic heterocycles. The zero-order valence-corrected chi connectivity index (χ0v) is 22.2. The van der Waals surface area contributed by atoms with Gasteiger partial charge in [-0.3, -0.25) is 14.6 Å². The second-order valence-corrected chi connectivity index (χ2v) is 10.8. The van der Waals surface area contributed by atoms with Crippen LogP contribution in [0.2, 0.25) is 10.0 Å². The van der Waals surface area contributed by atoms with Crippen molar-refractivity contribution in [2.24, 2.45) is 0 Å². The van der Waals surface area contributed by atoms with E-state index in [4.69, 9.17) is 23.2 Å². The van der Waals surface area contributed by atoms with E-state index in [9.17, 15) is 22.4 Å². The molecule has 2 unspecified atom stereocenters. The quantitative estimate of drug-likeness (QED) is 0.511. The van der Waals surface area contributed by atoms with Crippen molar-refractivity contribution in [3.05, 3.63) is 69.0 Å². The predicted octanol–water partition coefficient (Wildman–Crippen LogP) is 4.87. The lowest BCUT2D eigenvalue weighted by molar-refractivity contribution is -0.140. The van der Waals surface area contributed by atoms with E-state index < -0.39 is 17.6 Å². The molecule has 3 atom stereocenters. The van der Waals surface area contributed by atoms with Crippen LogP contribution in [0, 0.1) is 5.82 Å². The maximum Gasteiger partial charge on any atom is 0.419 e. The van der Waals surface area contributed by atoms with Gasteiger partial charge in [0, 0.05) is 57.3 Å². The van der Waals surface area contributed by atoms with Crippen LogP contribution in [-0.4, -0.2) is 79.0 Å². The number of halogens is 6. The summed E-state index contributed by atoms with van der Waals surface area (Å²) in [5.41, 5.74) is 0.0452. The first-order chi connectivity index (χ1) is 17.4. The summed E-state index contributed by atoms with van der Waals surface area (Å²) in [6, 6.07) is 8.53. The number of carbonyl (C=O) groups excluding carboxylic acids is 1. The van der Waals surface area contributed by atoms with Gasteiger partial charge in [-0.1, -0.05) is 35.3 Å². The molecule has 1 N–H and O–H groups in total. The molecule has 2 aromatic carbocycles. The molecule has 11 heteroatoms. The molecule has 0 bridgehead atoms. The van der Waals surface area contributed by atoms with Gasteiger partial charge in [-0.25, -0.2) is 4.39 Å². The number of likely N-dealkylation sites (N-methyl/N-ethyl adjacent to an activating group) is 1. The van der Waals surface area contributed by atoms with E-state index in [2.05, 4.69) is 17.1 Å². The molecule has 37 heavy (non-hydrogen) atoms. The van der Waals surface area contributed by atoms with Gasteiger partial charge in [0.25, 0.3) is 0 Å². The van der Waals surface area contributed by atoms with E-state index in [1.54, 1.807) is 12.1 Å². The van der Waals surface area contributed by atoms with Crippen molar-refractivity contribution < 1.29 is 22.4 Å². The summed E-state index contributed by atoms with van der Waals surface area (Å²) >= 11 is 12.4. The lowest BCUT2D eigenvalue weighted by Crippen LogP contribution is -2.52. The lowest BCUT2D eigenvalue weighted by Gasteiger charge is -2.32. The predicted molar refractivity (Wildman–Crippen MR) is 136 cm³/mol. The minimum Gasteiger partial charge on any atom is -0.339 e. The van der Waals surface area contributed by atoms with E-state index in [0.717, 1.165) is 37.3 Å². The highest BCUT2D eigenvalue weighted by molar-refractivity contribution is 6.42. The SMILES string of the molecule is C[C@H]1CN(CC(=O)N2CC(c3ccc(Cl)c(Cl)c3)C(N(C)Cc3ccc(C(F)(F)F)c(F)c3)C2)CCN1. The Hall–Kier alpha value is -1.91. The van der Waals surface area contributed by atoms with E-state index in [1.807, 2.05) is 22.9 Å². The molecular formula is C26H30Cl2F4N4O. The van der Waals surface area contributed by atoms with Crippen LogP contribution >= 0.6 is 23.2 Å². The van der Waals surface area contributed by atoms with Crippen LogP contribution in [0.1, 0.15) is 29.5 Å². The molecule has 4 rings (SSSR count). The van der Waals surface area contributed by atoms with Crippen LogP contribution in [0.3, 0.4) is 0 Å². The summed E-state index contributed by atoms with van der Waals surface area (Å²) in [7, 11) is 1.83. The molecule has 2 aromatic rings. The largest absolute Gasteiger partial charge is 0.419 e. The number of hydrogen-bond donors (Lipinski definition) is 1. The van der Waals surface area contributed by atoms with Crippen molar-refractivity contribution in [3.63, 3.8) is 0 Å². The van der Waals surface area contributed by atoms with Crippen molar-refractivity contribution in [1.29, 1.82) is 0 Å². The van der Waals surface area contributed by atoms with E-state index in [1.165, 1.54) is 6.07 Å². The zero-order valence-electron chi connectivity index (χ0n) is 20.7. The Morgan fingerprint density at radius 1 is 1.11 bits per heavy atom. The van der Waals surface area contributed by atoms with Crippen LogP contribution in [0.15, 0.2) is 36.4 Å². The molecule has 2 heterocycles. The maximum absolute atomic E-state index is 14.2. The summed E-state index contributed by atoms with van der Waals surface area (Å²) in [4.78, 5) is 19.2. The molecule has 0 aliphatic carbocycles. The molecule has 2 fully saturated rings. The Bertz CT molecular complexity index is 1130. The first-order valence-corrected chi connectivity index (χ1v) is 12.9. The number of nitrogens with one attached hydrogen (secondary N) is 1. The smallest absolute Gasteiger partial charge is 0.339 e. The molecular weight excluding hydrogens is 531 g/mol. The van der Waals surface area contributed by atoms with Crippen LogP contribution in [0.5, 0.6) is 0 Å². The number of likely N-dealkylation sites (tertiary alicyclic amines) is 1. The third kappa shape index (κ3) is 6.75. The van der Waals surface area contributed by atoms with Crippen molar-refractivity contribution in [1.82, 2.24) is 20.0 Å². The molecule has 0 radical (unpaired) electrons. The van der Waals surface area contributed by atoms with Crippen LogP contribution in [0.25, 0.3) is 0 Å². The summed E-state index contributed by atoms with van der Waals surface area (Å²) < 4.78 is 53.1. The Balaban J connectivity index is 1.53. The third-order valence-electron chi connectivity index (χ3n) is 7.16. The Kier molecular flexibility index (Phi) is 8.70. The van der Waals surface area contributed by atoms with Crippen LogP contribution in [-0.2, 0) is 17.5 Å². The second-order valence-electron chi connectivity index (χ2n) is 9.96. The summed E-state index contributed by atoms with van der Waals surface area (Å²) in [6.07, 6.45) is -4.75. The number of alkyl halides is 3. The van der Waals surface area contributed by atoms with Crippen LogP contribution in [0.4, 0.5) is 17.6 Å². The third-order valence-corrected chi connectivity index (χ3v) is 7.90. The number of carbonyl (C=O) groups is 1. The fourth-order valence-corrected chi connectivity index (χ4v) is 5.55. The van der Waals surface area contributed by atoms with Gasteiger partial charge in [0.05, 0.1) is 22.2 Å². The average Bonchev–Trinajstić information content (AvgIpc) is 3.26. The van der Waals surface area contributed by atoms with Gasteiger partial charge >= 0.3 is 6.18 Å². The molecule has 0 spiro atoms. The first kappa shape index (κ1) is 28.1. The average molecular weight is 561 g/mol. The minimum atomic E-state index is -4.75. The van der Waals surface area contributed by atoms with E-state index in [0.29, 0.717) is 41.3 Å². The van der Waals surface area contributed by atoms with Gasteiger partial charge in [0.2, 0.25) is 5.91 Å². The highest BCUT2D eigenvalue weighted by Gasteiger charge is 2.39. The van der Waals surface area contributed by atoms with Crippen molar-refractivity contribution >= 4 is 29.1 Å². The monoisotopic (exact) mass is 560 g/mol. The summed E-state index contributed by atoms with van der Waals surface area (Å²) in [6.45, 7) is 5.94. The summed E-state index contributed by atoms with van der Waals surface area (Å²) in [5.74, 6) is -1.38. The Morgan fingerprint density at radius 3 is 2.51 bits per heavy atom. The molecule has 202 valence electrons. The molecule has 1 amide bonds. The van der Waals surface area contributed by atoms with Gasteiger partial charge in [0.1, 0.15) is 5.82 Å². The summed E-state index contributed by atoms with van der Waals surface area (Å²) in [5, 5.41) is 4.20. The van der Waals surface area contributed by atoms with Gasteiger partial charge < -0.3 is 10.2 Å². The van der Waals surface area contributed by atoms with Gasteiger partial charge in [-0.2, -0.15) is 13.2 Å². The zero-order chi connectivity index (χ0) is 26.9. The second kappa shape index (κ2) is 11.5. The molecule has 0 saturated carbocycles. The van der Waals surface area contributed by atoms with Crippen molar-refractivity contribution in [3.8, 4) is 0 Å². The first-order valence-electron chi connectivity index (χ1n) is 12.2. The lowest BCUT2D eigenvalue weighted by atomic mass is 9.93. The Labute approximate surface area is 224 Å². The van der Waals surface area contributed by atoms with Gasteiger partial charge in [-0.15, -0.1) is 0 Å². The van der Waals surface area contributed by atoms with Crippen molar-refractivity contribution in [2.45, 2.75) is 37.6 Å². The maximum atomic E-state index is 14.2. The number of rotatable bonds is 6. The fraction of sp³-hybridized carbons (Fsp3) is 0.500. The number of hydrogen-bond acceptors (Lipinski definition) is 4. The van der Waals surface area contributed by atoms with E-state index >= 15 is 0 Å². The fourth-order valence-electron chi connectivity index (χ4n) is 5.25.